The molecule has 0 aliphatic carbocycles. The van der Waals surface area contributed by atoms with E-state index < -0.39 is 10.0 Å². The van der Waals surface area contributed by atoms with Gasteiger partial charge in [-0.2, -0.15) is 5.26 Å². The summed E-state index contributed by atoms with van der Waals surface area (Å²) in [6.45, 7) is 0. The summed E-state index contributed by atoms with van der Waals surface area (Å²) in [6, 6.07) is 26.1. The van der Waals surface area contributed by atoms with Gasteiger partial charge >= 0.3 is 0 Å². The normalized spacial score (nSPS) is 10.8. The van der Waals surface area contributed by atoms with Crippen LogP contribution in [0.25, 0.3) is 11.3 Å². The van der Waals surface area contributed by atoms with Crippen LogP contribution in [0.4, 0.5) is 17.2 Å². The highest BCUT2D eigenvalue weighted by molar-refractivity contribution is 7.92. The highest BCUT2D eigenvalue weighted by Gasteiger charge is 2.14. The smallest absolute Gasteiger partial charge is 0.261 e. The average molecular weight is 427 g/mol. The Kier molecular flexibility index (Phi) is 5.60. The Morgan fingerprint density at radius 1 is 0.806 bits per heavy atom. The molecule has 7 nitrogen and oxygen atoms in total. The molecule has 0 unspecified atom stereocenters. The number of nitriles is 1. The molecule has 0 fully saturated rings. The molecule has 0 saturated carbocycles. The lowest BCUT2D eigenvalue weighted by Crippen LogP contribution is -2.12. The van der Waals surface area contributed by atoms with Crippen LogP contribution in [-0.4, -0.2) is 18.4 Å². The first-order valence-corrected chi connectivity index (χ1v) is 10.8. The number of nitrogens with zero attached hydrogens (tertiary/aromatic N) is 3. The van der Waals surface area contributed by atoms with E-state index in [1.807, 2.05) is 42.5 Å². The number of aromatic nitrogens is 2. The van der Waals surface area contributed by atoms with Crippen molar-refractivity contribution in [1.29, 1.82) is 5.26 Å². The Morgan fingerprint density at radius 2 is 1.48 bits per heavy atom. The van der Waals surface area contributed by atoms with Gasteiger partial charge in [-0.25, -0.2) is 18.4 Å². The van der Waals surface area contributed by atoms with Crippen LogP contribution in [-0.2, 0) is 10.0 Å². The number of sulfonamides is 1. The molecule has 0 spiro atoms. The van der Waals surface area contributed by atoms with Crippen LogP contribution < -0.4 is 10.0 Å². The van der Waals surface area contributed by atoms with Crippen molar-refractivity contribution in [3.8, 4) is 17.3 Å². The Morgan fingerprint density at radius 3 is 2.16 bits per heavy atom. The molecule has 0 radical (unpaired) electrons. The zero-order valence-corrected chi connectivity index (χ0v) is 17.0. The molecule has 0 aliphatic heterocycles. The van der Waals surface area contributed by atoms with Crippen molar-refractivity contribution in [2.75, 3.05) is 10.0 Å². The van der Waals surface area contributed by atoms with Gasteiger partial charge in [0.1, 0.15) is 12.1 Å². The zero-order valence-electron chi connectivity index (χ0n) is 16.2. The van der Waals surface area contributed by atoms with Crippen molar-refractivity contribution >= 4 is 27.2 Å². The lowest BCUT2D eigenvalue weighted by molar-refractivity contribution is 0.601. The molecule has 4 rings (SSSR count). The number of nitrogens with one attached hydrogen (secondary N) is 2. The second kappa shape index (κ2) is 8.65. The first-order chi connectivity index (χ1) is 15.0. The third-order valence-electron chi connectivity index (χ3n) is 4.44. The predicted octanol–water partition coefficient (Wildman–Crippen LogP) is 4.56. The lowest BCUT2D eigenvalue weighted by atomic mass is 10.1. The molecule has 2 N–H and O–H groups in total. The van der Waals surface area contributed by atoms with Crippen LogP contribution >= 0.6 is 0 Å². The van der Waals surface area contributed by atoms with E-state index in [4.69, 9.17) is 5.26 Å². The summed E-state index contributed by atoms with van der Waals surface area (Å²) in [5.41, 5.74) is 3.35. The maximum absolute atomic E-state index is 12.5. The molecule has 1 heterocycles. The fourth-order valence-electron chi connectivity index (χ4n) is 2.88. The Hall–Kier alpha value is -4.22. The van der Waals surface area contributed by atoms with Crippen molar-refractivity contribution in [2.24, 2.45) is 0 Å². The minimum absolute atomic E-state index is 0.0862. The second-order valence-electron chi connectivity index (χ2n) is 6.60. The lowest BCUT2D eigenvalue weighted by Gasteiger charge is -2.10. The van der Waals surface area contributed by atoms with Gasteiger partial charge in [0.2, 0.25) is 0 Å². The van der Waals surface area contributed by atoms with Gasteiger partial charge in [-0.3, -0.25) is 4.72 Å². The number of benzene rings is 3. The summed E-state index contributed by atoms with van der Waals surface area (Å²) in [5, 5.41) is 12.0. The standard InChI is InChI=1S/C23H17N5O2S/c24-15-17-6-12-21(13-7-17)31(29,30)28-20-10-8-19(9-11-20)27-23-14-22(25-16-26-23)18-4-2-1-3-5-18/h1-14,16,28H,(H,25,26,27). The summed E-state index contributed by atoms with van der Waals surface area (Å²) >= 11 is 0. The van der Waals surface area contributed by atoms with Crippen molar-refractivity contribution in [1.82, 2.24) is 9.97 Å². The molecule has 1 aromatic heterocycles. The molecule has 0 bridgehead atoms. The minimum atomic E-state index is -3.75. The summed E-state index contributed by atoms with van der Waals surface area (Å²) < 4.78 is 27.6. The van der Waals surface area contributed by atoms with Gasteiger partial charge < -0.3 is 5.32 Å². The van der Waals surface area contributed by atoms with E-state index in [0.29, 0.717) is 17.1 Å². The van der Waals surface area contributed by atoms with Gasteiger partial charge in [0.25, 0.3) is 10.0 Å². The average Bonchev–Trinajstić information content (AvgIpc) is 2.81. The predicted molar refractivity (Wildman–Crippen MR) is 119 cm³/mol. The molecule has 3 aromatic carbocycles. The van der Waals surface area contributed by atoms with Crippen LogP contribution in [0.15, 0.2) is 96.2 Å². The van der Waals surface area contributed by atoms with Gasteiger partial charge in [0.05, 0.1) is 22.2 Å². The van der Waals surface area contributed by atoms with E-state index in [-0.39, 0.29) is 4.90 Å². The van der Waals surface area contributed by atoms with Gasteiger partial charge in [0, 0.05) is 23.0 Å². The molecule has 0 atom stereocenters. The number of hydrogen-bond acceptors (Lipinski definition) is 6. The largest absolute Gasteiger partial charge is 0.340 e. The quantitative estimate of drug-likeness (QED) is 0.467. The topological polar surface area (TPSA) is 108 Å². The van der Waals surface area contributed by atoms with Gasteiger partial charge in [0.15, 0.2) is 0 Å². The summed E-state index contributed by atoms with van der Waals surface area (Å²) in [5.74, 6) is 0.625. The molecular weight excluding hydrogens is 410 g/mol. The van der Waals surface area contributed by atoms with Crippen molar-refractivity contribution < 1.29 is 8.42 Å². The fourth-order valence-corrected chi connectivity index (χ4v) is 3.94. The van der Waals surface area contributed by atoms with E-state index in [2.05, 4.69) is 20.0 Å². The molecule has 0 saturated heterocycles. The molecular formula is C23H17N5O2S. The number of anilines is 3. The van der Waals surface area contributed by atoms with Crippen molar-refractivity contribution in [2.45, 2.75) is 4.90 Å². The number of rotatable bonds is 6. The van der Waals surface area contributed by atoms with Crippen molar-refractivity contribution in [3.63, 3.8) is 0 Å². The Labute approximate surface area is 180 Å². The first-order valence-electron chi connectivity index (χ1n) is 9.31. The SMILES string of the molecule is N#Cc1ccc(S(=O)(=O)Nc2ccc(Nc3cc(-c4ccccc4)ncn3)cc2)cc1. The Bertz CT molecular complexity index is 1330. The van der Waals surface area contributed by atoms with Crippen LogP contribution in [0.5, 0.6) is 0 Å². The highest BCUT2D eigenvalue weighted by atomic mass is 32.2. The minimum Gasteiger partial charge on any atom is -0.340 e. The van der Waals surface area contributed by atoms with E-state index in [1.165, 1.54) is 30.6 Å². The molecule has 0 aliphatic rings. The monoisotopic (exact) mass is 427 g/mol. The van der Waals surface area contributed by atoms with Crippen molar-refractivity contribution in [3.05, 3.63) is 96.8 Å². The Balaban J connectivity index is 1.47. The van der Waals surface area contributed by atoms with E-state index in [9.17, 15) is 8.42 Å². The maximum atomic E-state index is 12.5. The third-order valence-corrected chi connectivity index (χ3v) is 5.84. The van der Waals surface area contributed by atoms with Crippen LogP contribution in [0.1, 0.15) is 5.56 Å². The van der Waals surface area contributed by atoms with E-state index in [0.717, 1.165) is 16.9 Å². The van der Waals surface area contributed by atoms with Gasteiger partial charge in [-0.1, -0.05) is 30.3 Å². The van der Waals surface area contributed by atoms with Gasteiger partial charge in [-0.05, 0) is 48.5 Å². The molecule has 8 heteroatoms. The molecule has 0 amide bonds. The second-order valence-corrected chi connectivity index (χ2v) is 8.28. The number of hydrogen-bond donors (Lipinski definition) is 2. The fraction of sp³-hybridized carbons (Fsp3) is 0. The van der Waals surface area contributed by atoms with Crippen LogP contribution in [0, 0.1) is 11.3 Å². The molecule has 152 valence electrons. The van der Waals surface area contributed by atoms with E-state index >= 15 is 0 Å². The molecule has 4 aromatic rings. The summed E-state index contributed by atoms with van der Waals surface area (Å²) in [7, 11) is -3.75. The zero-order chi connectivity index (χ0) is 21.7. The summed E-state index contributed by atoms with van der Waals surface area (Å²) in [6.07, 6.45) is 1.49. The van der Waals surface area contributed by atoms with Crippen LogP contribution in [0.2, 0.25) is 0 Å². The van der Waals surface area contributed by atoms with E-state index in [1.54, 1.807) is 24.3 Å². The first kappa shape index (κ1) is 20.1. The molecule has 31 heavy (non-hydrogen) atoms. The van der Waals surface area contributed by atoms with Gasteiger partial charge in [-0.15, -0.1) is 0 Å². The third kappa shape index (κ3) is 4.86. The maximum Gasteiger partial charge on any atom is 0.261 e. The van der Waals surface area contributed by atoms with Crippen LogP contribution in [0.3, 0.4) is 0 Å². The highest BCUT2D eigenvalue weighted by Crippen LogP contribution is 2.23. The summed E-state index contributed by atoms with van der Waals surface area (Å²) in [4.78, 5) is 8.63.